The molecule has 9 heavy (non-hydrogen) atoms. The second kappa shape index (κ2) is 3.01. The average molecular weight is 241 g/mol. The molecule has 0 radical (unpaired) electrons. The summed E-state index contributed by atoms with van der Waals surface area (Å²) in [6, 6.07) is 0. The Balaban J connectivity index is 0.000000405. The zero-order valence-electron chi connectivity index (χ0n) is 5.68. The molecule has 3 atom stereocenters. The molecule has 0 aromatic carbocycles. The van der Waals surface area contributed by atoms with Crippen molar-refractivity contribution in [3.05, 3.63) is 0 Å². The Morgan fingerprint density at radius 2 is 1.89 bits per heavy atom. The van der Waals surface area contributed by atoms with E-state index in [1.165, 1.54) is 16.3 Å². The molecule has 3 unspecified atom stereocenters. The zero-order chi connectivity index (χ0) is 5.56. The van der Waals surface area contributed by atoms with Crippen molar-refractivity contribution in [2.75, 3.05) is 0 Å². The molecule has 0 spiro atoms. The average Bonchev–Trinajstić information content (AvgIpc) is 2.23. The Morgan fingerprint density at radius 3 is 2.11 bits per heavy atom. The SMILES string of the molecule is Br.[Zn][CH]1CC2CCC1C2. The Hall–Kier alpha value is 1.10. The molecule has 0 saturated heterocycles. The summed E-state index contributed by atoms with van der Waals surface area (Å²) in [6.07, 6.45) is 6.35. The van der Waals surface area contributed by atoms with Crippen LogP contribution in [0.25, 0.3) is 0 Å². The number of rotatable bonds is 0. The minimum absolute atomic E-state index is 0. The van der Waals surface area contributed by atoms with Crippen LogP contribution < -0.4 is 0 Å². The quantitative estimate of drug-likeness (QED) is 0.572. The van der Waals surface area contributed by atoms with Crippen molar-refractivity contribution in [3.63, 3.8) is 0 Å². The van der Waals surface area contributed by atoms with Gasteiger partial charge in [0.25, 0.3) is 0 Å². The molecule has 0 aromatic heterocycles. The van der Waals surface area contributed by atoms with Crippen LogP contribution in [0.4, 0.5) is 0 Å². The van der Waals surface area contributed by atoms with E-state index in [0.29, 0.717) is 0 Å². The van der Waals surface area contributed by atoms with Gasteiger partial charge in [0.15, 0.2) is 0 Å². The van der Waals surface area contributed by atoms with Crippen LogP contribution in [0.1, 0.15) is 25.7 Å². The maximum atomic E-state index is 1.60. The van der Waals surface area contributed by atoms with Crippen molar-refractivity contribution in [1.29, 1.82) is 0 Å². The Bertz CT molecular complexity index is 103. The van der Waals surface area contributed by atoms with Gasteiger partial charge in [-0.25, -0.2) is 0 Å². The first-order valence-electron chi connectivity index (χ1n) is 3.69. The first-order chi connectivity index (χ1) is 3.86. The number of fused-ring (bicyclic) bond motifs is 2. The summed E-state index contributed by atoms with van der Waals surface area (Å²) in [7, 11) is 0. The van der Waals surface area contributed by atoms with E-state index in [4.69, 9.17) is 0 Å². The molecule has 2 saturated carbocycles. The molecule has 0 N–H and O–H groups in total. The van der Waals surface area contributed by atoms with Gasteiger partial charge in [-0.1, -0.05) is 0 Å². The third-order valence-corrected chi connectivity index (χ3v) is 4.98. The topological polar surface area (TPSA) is 0 Å². The molecular weight excluding hydrogens is 229 g/mol. The van der Waals surface area contributed by atoms with Gasteiger partial charge in [-0.05, 0) is 0 Å². The second-order valence-electron chi connectivity index (χ2n) is 3.43. The monoisotopic (exact) mass is 239 g/mol. The summed E-state index contributed by atoms with van der Waals surface area (Å²) < 4.78 is 1.20. The van der Waals surface area contributed by atoms with Gasteiger partial charge in [0.2, 0.25) is 0 Å². The van der Waals surface area contributed by atoms with Crippen LogP contribution in [0, 0.1) is 11.8 Å². The number of hydrogen-bond donors (Lipinski definition) is 0. The van der Waals surface area contributed by atoms with Gasteiger partial charge in [0, 0.05) is 0 Å². The molecule has 49 valence electrons. The van der Waals surface area contributed by atoms with E-state index in [2.05, 4.69) is 0 Å². The molecular formula is C7H12BrZn. The third-order valence-electron chi connectivity index (χ3n) is 2.88. The molecule has 2 fully saturated rings. The van der Waals surface area contributed by atoms with E-state index < -0.39 is 0 Å². The molecule has 0 heterocycles. The first kappa shape index (κ1) is 8.20. The molecule has 0 aromatic rings. The summed E-state index contributed by atoms with van der Waals surface area (Å²) in [5.41, 5.74) is 0. The minimum atomic E-state index is 0. The summed E-state index contributed by atoms with van der Waals surface area (Å²) >= 11 is 1.57. The Morgan fingerprint density at radius 1 is 1.11 bits per heavy atom. The van der Waals surface area contributed by atoms with E-state index in [0.717, 1.165) is 0 Å². The second-order valence-corrected chi connectivity index (χ2v) is 5.64. The zero-order valence-corrected chi connectivity index (χ0v) is 10.4. The molecule has 0 aliphatic heterocycles. The van der Waals surface area contributed by atoms with Crippen LogP contribution in [0.15, 0.2) is 0 Å². The maximum absolute atomic E-state index is 1.60. The molecule has 2 heteroatoms. The molecule has 2 aliphatic carbocycles. The summed E-state index contributed by atoms with van der Waals surface area (Å²) in [4.78, 5) is 0. The summed E-state index contributed by atoms with van der Waals surface area (Å²) in [5.74, 6) is 2.37. The van der Waals surface area contributed by atoms with Gasteiger partial charge in [-0.15, -0.1) is 17.0 Å². The van der Waals surface area contributed by atoms with E-state index in [1.807, 2.05) is 0 Å². The predicted octanol–water partition coefficient (Wildman–Crippen LogP) is 2.72. The number of halogens is 1. The number of hydrogen-bond acceptors (Lipinski definition) is 0. The van der Waals surface area contributed by atoms with Gasteiger partial charge < -0.3 is 0 Å². The van der Waals surface area contributed by atoms with Crippen molar-refractivity contribution in [1.82, 2.24) is 0 Å². The van der Waals surface area contributed by atoms with E-state index in [1.54, 1.807) is 44.0 Å². The van der Waals surface area contributed by atoms with Crippen LogP contribution in [-0.2, 0) is 18.3 Å². The van der Waals surface area contributed by atoms with Crippen LogP contribution in [0.5, 0.6) is 0 Å². The summed E-state index contributed by atoms with van der Waals surface area (Å²) in [6.45, 7) is 0. The molecule has 2 rings (SSSR count). The van der Waals surface area contributed by atoms with Gasteiger partial charge in [-0.3, -0.25) is 0 Å². The van der Waals surface area contributed by atoms with Gasteiger partial charge in [-0.2, -0.15) is 0 Å². The Kier molecular flexibility index (Phi) is 2.74. The van der Waals surface area contributed by atoms with E-state index >= 15 is 0 Å². The fraction of sp³-hybridized carbons (Fsp3) is 1.00. The van der Waals surface area contributed by atoms with Crippen molar-refractivity contribution in [3.8, 4) is 0 Å². The van der Waals surface area contributed by atoms with Crippen LogP contribution in [0.2, 0.25) is 4.51 Å². The van der Waals surface area contributed by atoms with Crippen molar-refractivity contribution < 1.29 is 18.3 Å². The van der Waals surface area contributed by atoms with Crippen LogP contribution in [-0.4, -0.2) is 0 Å². The van der Waals surface area contributed by atoms with Gasteiger partial charge in [0.1, 0.15) is 0 Å². The van der Waals surface area contributed by atoms with Crippen molar-refractivity contribution in [2.24, 2.45) is 11.8 Å². The van der Waals surface area contributed by atoms with Gasteiger partial charge in [0.05, 0.1) is 0 Å². The molecule has 0 amide bonds. The van der Waals surface area contributed by atoms with Crippen LogP contribution >= 0.6 is 17.0 Å². The fourth-order valence-corrected chi connectivity index (χ4v) is 4.26. The fourth-order valence-electron chi connectivity index (χ4n) is 2.38. The Labute approximate surface area is 77.2 Å². The molecule has 2 bridgehead atoms. The van der Waals surface area contributed by atoms with E-state index in [-0.39, 0.29) is 17.0 Å². The van der Waals surface area contributed by atoms with E-state index in [9.17, 15) is 0 Å². The van der Waals surface area contributed by atoms with Crippen molar-refractivity contribution >= 4 is 17.0 Å². The summed E-state index contributed by atoms with van der Waals surface area (Å²) in [5, 5.41) is 0. The first-order valence-corrected chi connectivity index (χ1v) is 5.40. The third kappa shape index (κ3) is 1.40. The standard InChI is InChI=1S/C7H11.BrH.Zn/c1-2-7-4-3-6(1)5-7;;/h1,6-7H,2-5H2;1H;. The van der Waals surface area contributed by atoms with Gasteiger partial charge >= 0.3 is 60.3 Å². The normalized spacial score (nSPS) is 47.1. The molecule has 2 aliphatic rings. The predicted molar refractivity (Wildman–Crippen MR) is 39.5 cm³/mol. The van der Waals surface area contributed by atoms with Crippen LogP contribution in [0.3, 0.4) is 0 Å². The van der Waals surface area contributed by atoms with Crippen molar-refractivity contribution in [2.45, 2.75) is 30.2 Å². The molecule has 0 nitrogen and oxygen atoms in total.